The maximum Gasteiger partial charge on any atom is 0.305 e. The van der Waals surface area contributed by atoms with Crippen LogP contribution in [0.5, 0.6) is 0 Å². The molecule has 2 N–H and O–H groups in total. The molecule has 0 atom stereocenters. The largest absolute Gasteiger partial charge is 0.451 e. The minimum atomic E-state index is -0.524. The molecular weight excluding hydrogens is 358 g/mol. The molecule has 0 saturated heterocycles. The van der Waals surface area contributed by atoms with Gasteiger partial charge in [-0.15, -0.1) is 0 Å². The quantitative estimate of drug-likeness (QED) is 0.534. The number of nitrogens with zero attached hydrogens (tertiary/aromatic N) is 3. The van der Waals surface area contributed by atoms with Crippen molar-refractivity contribution in [2.24, 2.45) is 0 Å². The number of rotatable bonds is 3. The van der Waals surface area contributed by atoms with Crippen LogP contribution >= 0.6 is 0 Å². The third kappa shape index (κ3) is 2.98. The van der Waals surface area contributed by atoms with Gasteiger partial charge in [0.2, 0.25) is 0 Å². The molecule has 0 bridgehead atoms. The first kappa shape index (κ1) is 17.7. The molecule has 0 aliphatic heterocycles. The van der Waals surface area contributed by atoms with Crippen molar-refractivity contribution in [2.45, 2.75) is 26.8 Å². The molecule has 0 aliphatic carbocycles. The highest BCUT2D eigenvalue weighted by Crippen LogP contribution is 2.24. The zero-order valence-corrected chi connectivity index (χ0v) is 15.7. The number of aromatic nitrogens is 3. The van der Waals surface area contributed by atoms with E-state index in [1.807, 2.05) is 32.0 Å². The van der Waals surface area contributed by atoms with E-state index in [0.717, 1.165) is 10.8 Å². The molecule has 3 heterocycles. The first-order valence-electron chi connectivity index (χ1n) is 8.88. The van der Waals surface area contributed by atoms with Gasteiger partial charge in [-0.2, -0.15) is 5.10 Å². The highest BCUT2D eigenvalue weighted by Gasteiger charge is 2.18. The highest BCUT2D eigenvalue weighted by molar-refractivity contribution is 6.02. The van der Waals surface area contributed by atoms with Crippen LogP contribution in [0.4, 0.5) is 0 Å². The Bertz CT molecular complexity index is 1210. The fraction of sp³-hybridized carbons (Fsp3) is 0.200. The number of nitrogens with one attached hydrogen (secondary N) is 2. The van der Waals surface area contributed by atoms with E-state index in [2.05, 4.69) is 20.9 Å². The van der Waals surface area contributed by atoms with Gasteiger partial charge in [-0.1, -0.05) is 18.2 Å². The summed E-state index contributed by atoms with van der Waals surface area (Å²) < 4.78 is 7.38. The fourth-order valence-electron chi connectivity index (χ4n) is 3.08. The lowest BCUT2D eigenvalue weighted by molar-refractivity contribution is 0.0831. The molecule has 3 aromatic heterocycles. The molecule has 0 aliphatic rings. The summed E-state index contributed by atoms with van der Waals surface area (Å²) in [6.07, 6.45) is 3.12. The van der Waals surface area contributed by atoms with Crippen LogP contribution in [0, 0.1) is 6.92 Å². The summed E-state index contributed by atoms with van der Waals surface area (Å²) in [6.45, 7) is 5.81. The second-order valence-corrected chi connectivity index (χ2v) is 6.78. The van der Waals surface area contributed by atoms with E-state index in [4.69, 9.17) is 4.42 Å². The number of amides is 2. The Morgan fingerprint density at radius 2 is 1.86 bits per heavy atom. The van der Waals surface area contributed by atoms with E-state index in [0.29, 0.717) is 22.4 Å². The van der Waals surface area contributed by atoms with Crippen molar-refractivity contribution in [1.82, 2.24) is 25.6 Å². The predicted octanol–water partition coefficient (Wildman–Crippen LogP) is 3.14. The average Bonchev–Trinajstić information content (AvgIpc) is 3.27. The zero-order valence-electron chi connectivity index (χ0n) is 15.7. The second kappa shape index (κ2) is 6.80. The van der Waals surface area contributed by atoms with Crippen molar-refractivity contribution in [2.75, 3.05) is 0 Å². The highest BCUT2D eigenvalue weighted by atomic mass is 16.3. The van der Waals surface area contributed by atoms with E-state index in [1.165, 1.54) is 6.20 Å². The van der Waals surface area contributed by atoms with Crippen molar-refractivity contribution in [1.29, 1.82) is 0 Å². The van der Waals surface area contributed by atoms with Crippen molar-refractivity contribution in [3.8, 4) is 0 Å². The van der Waals surface area contributed by atoms with E-state index < -0.39 is 11.8 Å². The van der Waals surface area contributed by atoms with Gasteiger partial charge in [0.25, 0.3) is 5.91 Å². The lowest BCUT2D eigenvalue weighted by atomic mass is 10.1. The molecule has 0 unspecified atom stereocenters. The molecule has 8 nitrogen and oxygen atoms in total. The number of carbonyl (C=O) groups excluding carboxylic acids is 2. The SMILES string of the molecule is Cc1c(C(=O)NNC(=O)c2cnc3c(cnn3C(C)C)c2)oc2ccccc12. The number of pyridine rings is 1. The summed E-state index contributed by atoms with van der Waals surface area (Å²) in [6, 6.07) is 9.22. The van der Waals surface area contributed by atoms with Gasteiger partial charge in [-0.3, -0.25) is 20.4 Å². The van der Waals surface area contributed by atoms with Crippen LogP contribution in [0.2, 0.25) is 0 Å². The standard InChI is InChI=1S/C20H19N5O3/c1-11(2)25-18-13(10-22-25)8-14(9-21-18)19(26)23-24-20(27)17-12(3)15-6-4-5-7-16(15)28-17/h4-11H,1-3H3,(H,23,26)(H,24,27). The lowest BCUT2D eigenvalue weighted by Gasteiger charge is -2.08. The van der Waals surface area contributed by atoms with Gasteiger partial charge in [0, 0.05) is 28.6 Å². The van der Waals surface area contributed by atoms with Gasteiger partial charge >= 0.3 is 5.91 Å². The zero-order chi connectivity index (χ0) is 19.8. The van der Waals surface area contributed by atoms with Crippen LogP contribution in [-0.2, 0) is 0 Å². The second-order valence-electron chi connectivity index (χ2n) is 6.78. The van der Waals surface area contributed by atoms with Crippen molar-refractivity contribution >= 4 is 33.8 Å². The van der Waals surface area contributed by atoms with E-state index >= 15 is 0 Å². The molecule has 28 heavy (non-hydrogen) atoms. The van der Waals surface area contributed by atoms with Gasteiger partial charge in [0.1, 0.15) is 5.58 Å². The molecule has 1 aromatic carbocycles. The Labute approximate surface area is 160 Å². The number of aryl methyl sites for hydroxylation is 1. The van der Waals surface area contributed by atoms with Crippen LogP contribution in [-0.4, -0.2) is 26.6 Å². The Morgan fingerprint density at radius 3 is 2.61 bits per heavy atom. The molecular formula is C20H19N5O3. The monoisotopic (exact) mass is 377 g/mol. The van der Waals surface area contributed by atoms with Gasteiger partial charge in [0.05, 0.1) is 11.8 Å². The molecule has 142 valence electrons. The molecule has 0 spiro atoms. The maximum atomic E-state index is 12.4. The van der Waals surface area contributed by atoms with Crippen LogP contribution in [0.1, 0.15) is 46.4 Å². The van der Waals surface area contributed by atoms with Crippen molar-refractivity contribution in [3.05, 3.63) is 59.6 Å². The predicted molar refractivity (Wildman–Crippen MR) is 104 cm³/mol. The number of hydrazine groups is 1. The number of hydrogen-bond donors (Lipinski definition) is 2. The molecule has 2 amide bonds. The Hall–Kier alpha value is -3.68. The van der Waals surface area contributed by atoms with Crippen LogP contribution in [0.25, 0.3) is 22.0 Å². The Kier molecular flexibility index (Phi) is 4.31. The summed E-state index contributed by atoms with van der Waals surface area (Å²) in [5.74, 6) is -0.842. The summed E-state index contributed by atoms with van der Waals surface area (Å²) >= 11 is 0. The molecule has 0 saturated carbocycles. The van der Waals surface area contributed by atoms with Gasteiger partial charge in [-0.25, -0.2) is 9.67 Å². The van der Waals surface area contributed by atoms with E-state index in [9.17, 15) is 9.59 Å². The third-order valence-electron chi connectivity index (χ3n) is 4.52. The third-order valence-corrected chi connectivity index (χ3v) is 4.52. The van der Waals surface area contributed by atoms with Crippen molar-refractivity contribution in [3.63, 3.8) is 0 Å². The first-order valence-corrected chi connectivity index (χ1v) is 8.88. The van der Waals surface area contributed by atoms with Gasteiger partial charge in [0.15, 0.2) is 11.4 Å². The number of benzene rings is 1. The first-order chi connectivity index (χ1) is 13.5. The number of para-hydroxylation sites is 1. The summed E-state index contributed by atoms with van der Waals surface area (Å²) in [4.78, 5) is 29.1. The number of furan rings is 1. The molecule has 4 aromatic rings. The smallest absolute Gasteiger partial charge is 0.305 e. The fourth-order valence-corrected chi connectivity index (χ4v) is 3.08. The van der Waals surface area contributed by atoms with E-state index in [-0.39, 0.29) is 11.8 Å². The maximum absolute atomic E-state index is 12.4. The Morgan fingerprint density at radius 1 is 1.11 bits per heavy atom. The number of hydrogen-bond acceptors (Lipinski definition) is 5. The van der Waals surface area contributed by atoms with Crippen LogP contribution < -0.4 is 10.9 Å². The average molecular weight is 377 g/mol. The summed E-state index contributed by atoms with van der Waals surface area (Å²) in [5.41, 5.74) is 7.14. The minimum Gasteiger partial charge on any atom is -0.451 e. The topological polar surface area (TPSA) is 102 Å². The van der Waals surface area contributed by atoms with E-state index in [1.54, 1.807) is 29.9 Å². The molecule has 0 radical (unpaired) electrons. The normalized spacial score (nSPS) is 11.3. The van der Waals surface area contributed by atoms with Gasteiger partial charge < -0.3 is 4.42 Å². The van der Waals surface area contributed by atoms with Gasteiger partial charge in [-0.05, 0) is 32.9 Å². The van der Waals surface area contributed by atoms with Crippen LogP contribution in [0.15, 0.2) is 47.1 Å². The van der Waals surface area contributed by atoms with Crippen LogP contribution in [0.3, 0.4) is 0 Å². The summed E-state index contributed by atoms with van der Waals surface area (Å²) in [5, 5.41) is 5.89. The molecule has 8 heteroatoms. The molecule has 0 fully saturated rings. The Balaban J connectivity index is 1.50. The minimum absolute atomic E-state index is 0.160. The summed E-state index contributed by atoms with van der Waals surface area (Å²) in [7, 11) is 0. The molecule has 4 rings (SSSR count). The lowest BCUT2D eigenvalue weighted by Crippen LogP contribution is -2.41. The number of fused-ring (bicyclic) bond motifs is 2. The van der Waals surface area contributed by atoms with Crippen molar-refractivity contribution < 1.29 is 14.0 Å². The number of carbonyl (C=O) groups is 2.